The third kappa shape index (κ3) is 4.77. The zero-order chi connectivity index (χ0) is 16.5. The molecule has 6 heteroatoms. The van der Waals surface area contributed by atoms with Gasteiger partial charge in [-0.1, -0.05) is 24.3 Å². The summed E-state index contributed by atoms with van der Waals surface area (Å²) in [6.07, 6.45) is 0. The fourth-order valence-electron chi connectivity index (χ4n) is 1.82. The molecule has 0 fully saturated rings. The van der Waals surface area contributed by atoms with Crippen molar-refractivity contribution in [1.82, 2.24) is 0 Å². The fourth-order valence-corrected chi connectivity index (χ4v) is 2.49. The van der Waals surface area contributed by atoms with E-state index in [-0.39, 0.29) is 12.5 Å². The van der Waals surface area contributed by atoms with E-state index in [0.29, 0.717) is 22.8 Å². The lowest BCUT2D eigenvalue weighted by atomic mass is 10.2. The van der Waals surface area contributed by atoms with Crippen LogP contribution in [0.4, 0.5) is 5.69 Å². The number of para-hydroxylation sites is 2. The van der Waals surface area contributed by atoms with E-state index in [1.165, 1.54) is 11.8 Å². The average Bonchev–Trinajstić information content (AvgIpc) is 2.59. The molecule has 1 amide bonds. The zero-order valence-corrected chi connectivity index (χ0v) is 13.0. The van der Waals surface area contributed by atoms with Gasteiger partial charge in [0.05, 0.1) is 23.1 Å². The number of hydrogen-bond acceptors (Lipinski definition) is 5. The number of nitrogens with one attached hydrogen (secondary N) is 1. The van der Waals surface area contributed by atoms with Gasteiger partial charge >= 0.3 is 0 Å². The Morgan fingerprint density at radius 1 is 1.13 bits per heavy atom. The maximum Gasteiger partial charge on any atom is 0.262 e. The molecule has 0 aliphatic rings. The molecule has 5 nitrogen and oxygen atoms in total. The van der Waals surface area contributed by atoms with Crippen LogP contribution in [0, 0.1) is 22.7 Å². The van der Waals surface area contributed by atoms with Crippen molar-refractivity contribution in [3.05, 3.63) is 54.1 Å². The van der Waals surface area contributed by atoms with Gasteiger partial charge in [0, 0.05) is 4.90 Å². The number of rotatable bonds is 6. The Kier molecular flexibility index (Phi) is 6.05. The fraction of sp³-hybridized carbons (Fsp3) is 0.118. The van der Waals surface area contributed by atoms with E-state index in [1.807, 2.05) is 18.2 Å². The molecule has 0 radical (unpaired) electrons. The molecule has 0 saturated carbocycles. The first-order valence-corrected chi connectivity index (χ1v) is 7.73. The molecule has 0 heterocycles. The van der Waals surface area contributed by atoms with Crippen LogP contribution < -0.4 is 10.1 Å². The van der Waals surface area contributed by atoms with Crippen LogP contribution in [0.25, 0.3) is 0 Å². The second kappa shape index (κ2) is 8.47. The Labute approximate surface area is 138 Å². The summed E-state index contributed by atoms with van der Waals surface area (Å²) in [6, 6.07) is 18.0. The predicted octanol–water partition coefficient (Wildman–Crippen LogP) is 3.19. The van der Waals surface area contributed by atoms with Crippen LogP contribution in [-0.2, 0) is 4.79 Å². The number of benzene rings is 2. The molecule has 1 N–H and O–H groups in total. The summed E-state index contributed by atoms with van der Waals surface area (Å²) < 4.78 is 5.39. The summed E-state index contributed by atoms with van der Waals surface area (Å²) in [6.45, 7) is -0.198. The van der Waals surface area contributed by atoms with Crippen LogP contribution in [0.3, 0.4) is 0 Å². The number of nitrogens with zero attached hydrogens (tertiary/aromatic N) is 2. The van der Waals surface area contributed by atoms with E-state index in [0.717, 1.165) is 4.90 Å². The highest BCUT2D eigenvalue weighted by molar-refractivity contribution is 7.99. The summed E-state index contributed by atoms with van der Waals surface area (Å²) in [4.78, 5) is 12.8. The number of carbonyl (C=O) groups is 1. The van der Waals surface area contributed by atoms with Crippen LogP contribution in [-0.4, -0.2) is 18.3 Å². The Hall–Kier alpha value is -2.96. The lowest BCUT2D eigenvalue weighted by molar-refractivity contribution is -0.118. The molecule has 23 heavy (non-hydrogen) atoms. The highest BCUT2D eigenvalue weighted by atomic mass is 32.2. The van der Waals surface area contributed by atoms with Gasteiger partial charge < -0.3 is 10.1 Å². The number of amides is 1. The monoisotopic (exact) mass is 323 g/mol. The van der Waals surface area contributed by atoms with Crippen LogP contribution in [0.2, 0.25) is 0 Å². The SMILES string of the molecule is N#CCSc1ccccc1NC(=O)COc1ccccc1C#N. The highest BCUT2D eigenvalue weighted by Crippen LogP contribution is 2.26. The van der Waals surface area contributed by atoms with Gasteiger partial charge in [0.15, 0.2) is 6.61 Å². The van der Waals surface area contributed by atoms with Gasteiger partial charge in [-0.3, -0.25) is 4.79 Å². The number of anilines is 1. The second-order valence-corrected chi connectivity index (χ2v) is 5.40. The molecule has 0 aliphatic carbocycles. The molecule has 2 rings (SSSR count). The van der Waals surface area contributed by atoms with Crippen molar-refractivity contribution in [2.45, 2.75) is 4.90 Å². The minimum absolute atomic E-state index is 0.198. The van der Waals surface area contributed by atoms with Gasteiger partial charge in [-0.2, -0.15) is 10.5 Å². The average molecular weight is 323 g/mol. The molecule has 114 valence electrons. The van der Waals surface area contributed by atoms with Crippen LogP contribution in [0.5, 0.6) is 5.75 Å². The van der Waals surface area contributed by atoms with E-state index < -0.39 is 0 Å². The van der Waals surface area contributed by atoms with Crippen molar-refractivity contribution >= 4 is 23.4 Å². The van der Waals surface area contributed by atoms with Crippen molar-refractivity contribution in [3.63, 3.8) is 0 Å². The molecule has 0 aromatic heterocycles. The third-order valence-corrected chi connectivity index (χ3v) is 3.76. The van der Waals surface area contributed by atoms with Gasteiger partial charge in [-0.25, -0.2) is 0 Å². The molecule has 0 aliphatic heterocycles. The van der Waals surface area contributed by atoms with Crippen LogP contribution in [0.15, 0.2) is 53.4 Å². The minimum atomic E-state index is -0.331. The Morgan fingerprint density at radius 3 is 2.65 bits per heavy atom. The van der Waals surface area contributed by atoms with Gasteiger partial charge in [-0.15, -0.1) is 11.8 Å². The first kappa shape index (κ1) is 16.4. The summed E-state index contributed by atoms with van der Waals surface area (Å²) in [5.41, 5.74) is 1.01. The molecule has 2 aromatic rings. The Balaban J connectivity index is 1.98. The molecule has 0 unspecified atom stereocenters. The molecule has 0 bridgehead atoms. The van der Waals surface area contributed by atoms with Gasteiger partial charge in [0.1, 0.15) is 11.8 Å². The van der Waals surface area contributed by atoms with Crippen molar-refractivity contribution in [1.29, 1.82) is 10.5 Å². The molecule has 0 spiro atoms. The van der Waals surface area contributed by atoms with Crippen molar-refractivity contribution < 1.29 is 9.53 Å². The number of nitriles is 2. The minimum Gasteiger partial charge on any atom is -0.482 e. The smallest absolute Gasteiger partial charge is 0.262 e. The van der Waals surface area contributed by atoms with Gasteiger partial charge in [0.2, 0.25) is 0 Å². The van der Waals surface area contributed by atoms with Gasteiger partial charge in [0.25, 0.3) is 5.91 Å². The van der Waals surface area contributed by atoms with E-state index in [9.17, 15) is 4.79 Å². The Bertz CT molecular complexity index is 778. The summed E-state index contributed by atoms with van der Waals surface area (Å²) in [5, 5.41) is 20.4. The maximum absolute atomic E-state index is 12.0. The molecule has 0 saturated heterocycles. The van der Waals surface area contributed by atoms with Crippen molar-refractivity contribution in [2.75, 3.05) is 17.7 Å². The first-order chi connectivity index (χ1) is 11.2. The largest absolute Gasteiger partial charge is 0.482 e. The quantitative estimate of drug-likeness (QED) is 0.825. The van der Waals surface area contributed by atoms with Crippen LogP contribution in [0.1, 0.15) is 5.56 Å². The van der Waals surface area contributed by atoms with E-state index in [1.54, 1.807) is 36.4 Å². The molecular weight excluding hydrogens is 310 g/mol. The van der Waals surface area contributed by atoms with Crippen molar-refractivity contribution in [3.8, 4) is 17.9 Å². The number of thioether (sulfide) groups is 1. The summed E-state index contributed by atoms with van der Waals surface area (Å²) in [5.74, 6) is 0.346. The predicted molar refractivity (Wildman–Crippen MR) is 88.1 cm³/mol. The number of hydrogen-bond donors (Lipinski definition) is 1. The van der Waals surface area contributed by atoms with E-state index in [2.05, 4.69) is 11.4 Å². The molecule has 0 atom stereocenters. The van der Waals surface area contributed by atoms with Crippen molar-refractivity contribution in [2.24, 2.45) is 0 Å². The number of ether oxygens (including phenoxy) is 1. The maximum atomic E-state index is 12.0. The lowest BCUT2D eigenvalue weighted by Crippen LogP contribution is -2.20. The molecule has 2 aromatic carbocycles. The van der Waals surface area contributed by atoms with E-state index in [4.69, 9.17) is 15.3 Å². The van der Waals surface area contributed by atoms with Gasteiger partial charge in [-0.05, 0) is 24.3 Å². The first-order valence-electron chi connectivity index (χ1n) is 6.75. The molecular formula is C17H13N3O2S. The summed E-state index contributed by atoms with van der Waals surface area (Å²) >= 11 is 1.35. The summed E-state index contributed by atoms with van der Waals surface area (Å²) in [7, 11) is 0. The third-order valence-electron chi connectivity index (χ3n) is 2.82. The lowest BCUT2D eigenvalue weighted by Gasteiger charge is -2.11. The van der Waals surface area contributed by atoms with E-state index >= 15 is 0 Å². The zero-order valence-electron chi connectivity index (χ0n) is 12.2. The Morgan fingerprint density at radius 2 is 1.87 bits per heavy atom. The second-order valence-electron chi connectivity index (χ2n) is 4.39. The normalized spacial score (nSPS) is 9.48. The van der Waals surface area contributed by atoms with Crippen LogP contribution >= 0.6 is 11.8 Å². The number of carbonyl (C=O) groups excluding carboxylic acids is 1. The standard InChI is InChI=1S/C17H13N3O2S/c18-9-10-23-16-8-4-2-6-14(16)20-17(21)12-22-15-7-3-1-5-13(15)11-19/h1-8H,10,12H2,(H,20,21). The topological polar surface area (TPSA) is 85.9 Å². The highest BCUT2D eigenvalue weighted by Gasteiger charge is 2.09.